The van der Waals surface area contributed by atoms with Gasteiger partial charge in [-0.05, 0) is 54.4 Å². The number of fused-ring (bicyclic) bond motifs is 2. The summed E-state index contributed by atoms with van der Waals surface area (Å²) in [5, 5.41) is 11.2. The van der Waals surface area contributed by atoms with E-state index >= 15 is 0 Å². The summed E-state index contributed by atoms with van der Waals surface area (Å²) >= 11 is 1.37. The highest BCUT2D eigenvalue weighted by Gasteiger charge is 2.15. The Balaban J connectivity index is 1.42. The second-order valence-electron chi connectivity index (χ2n) is 7.24. The van der Waals surface area contributed by atoms with E-state index in [0.717, 1.165) is 33.5 Å². The van der Waals surface area contributed by atoms with Crippen LogP contribution in [0.5, 0.6) is 5.75 Å². The fourth-order valence-corrected chi connectivity index (χ4v) is 4.32. The highest BCUT2D eigenvalue weighted by molar-refractivity contribution is 7.99. The van der Waals surface area contributed by atoms with Gasteiger partial charge in [-0.25, -0.2) is 4.98 Å². The fraction of sp³-hybridized carbons (Fsp3) is 0.273. The van der Waals surface area contributed by atoms with Gasteiger partial charge < -0.3 is 9.64 Å². The number of hydrogen-bond donors (Lipinski definition) is 0. The van der Waals surface area contributed by atoms with E-state index in [0.29, 0.717) is 17.5 Å². The van der Waals surface area contributed by atoms with Gasteiger partial charge in [0.2, 0.25) is 5.91 Å². The highest BCUT2D eigenvalue weighted by Crippen LogP contribution is 2.23. The number of aryl methyl sites for hydroxylation is 2. The standard InChI is InChI=1S/C22H23N5O2S/c1-14-9-15(2)27-21(23-14)24-25-22(27)30-13-20(28)26(3)12-16-5-6-18-11-19(29-4)8-7-17(18)10-16/h5-11H,12-13H2,1-4H3. The maximum atomic E-state index is 12.7. The van der Waals surface area contributed by atoms with Crippen LogP contribution in [0.25, 0.3) is 16.6 Å². The number of thioether (sulfide) groups is 1. The molecule has 0 saturated heterocycles. The zero-order valence-corrected chi connectivity index (χ0v) is 18.2. The molecule has 154 valence electrons. The molecule has 7 nitrogen and oxygen atoms in total. The molecule has 0 radical (unpaired) electrons. The number of methoxy groups -OCH3 is 1. The van der Waals surface area contributed by atoms with Crippen molar-refractivity contribution in [1.82, 2.24) is 24.5 Å². The Morgan fingerprint density at radius 1 is 1.10 bits per heavy atom. The third-order valence-electron chi connectivity index (χ3n) is 4.95. The zero-order chi connectivity index (χ0) is 21.3. The number of carbonyl (C=O) groups excluding carboxylic acids is 1. The van der Waals surface area contributed by atoms with Crippen LogP contribution in [0.4, 0.5) is 0 Å². The summed E-state index contributed by atoms with van der Waals surface area (Å²) in [6, 6.07) is 14.2. The molecule has 0 atom stereocenters. The van der Waals surface area contributed by atoms with Gasteiger partial charge in [0.15, 0.2) is 5.16 Å². The second kappa shape index (κ2) is 8.31. The molecule has 0 aliphatic rings. The van der Waals surface area contributed by atoms with Crippen LogP contribution < -0.4 is 4.74 Å². The Hall–Kier alpha value is -3.13. The zero-order valence-electron chi connectivity index (χ0n) is 17.4. The van der Waals surface area contributed by atoms with E-state index < -0.39 is 0 Å². The molecule has 2 aromatic heterocycles. The van der Waals surface area contributed by atoms with Gasteiger partial charge in [0.05, 0.1) is 12.9 Å². The molecule has 0 aliphatic heterocycles. The summed E-state index contributed by atoms with van der Waals surface area (Å²) in [6.07, 6.45) is 0. The minimum absolute atomic E-state index is 0.0318. The molecule has 0 fully saturated rings. The number of carbonyl (C=O) groups is 1. The SMILES string of the molecule is COc1ccc2cc(CN(C)C(=O)CSc3nnc4nc(C)cc(C)n34)ccc2c1. The number of nitrogens with zero attached hydrogens (tertiary/aromatic N) is 5. The fourth-order valence-electron chi connectivity index (χ4n) is 3.39. The lowest BCUT2D eigenvalue weighted by atomic mass is 10.1. The molecule has 8 heteroatoms. The third kappa shape index (κ3) is 4.09. The second-order valence-corrected chi connectivity index (χ2v) is 8.19. The summed E-state index contributed by atoms with van der Waals surface area (Å²) in [7, 11) is 3.48. The summed E-state index contributed by atoms with van der Waals surface area (Å²) in [6.45, 7) is 4.45. The Morgan fingerprint density at radius 3 is 2.67 bits per heavy atom. The van der Waals surface area contributed by atoms with Gasteiger partial charge in [0, 0.05) is 25.0 Å². The molecule has 0 saturated carbocycles. The number of benzene rings is 2. The molecule has 0 aliphatic carbocycles. The first-order valence-corrected chi connectivity index (χ1v) is 10.6. The van der Waals surface area contributed by atoms with Crippen molar-refractivity contribution in [2.45, 2.75) is 25.5 Å². The van der Waals surface area contributed by atoms with Crippen LogP contribution in [-0.2, 0) is 11.3 Å². The minimum atomic E-state index is 0.0318. The van der Waals surface area contributed by atoms with Crippen LogP contribution in [0.2, 0.25) is 0 Å². The molecule has 30 heavy (non-hydrogen) atoms. The number of aromatic nitrogens is 4. The molecular formula is C22H23N5O2S. The number of ether oxygens (including phenoxy) is 1. The van der Waals surface area contributed by atoms with E-state index in [1.165, 1.54) is 11.8 Å². The summed E-state index contributed by atoms with van der Waals surface area (Å²) in [4.78, 5) is 18.8. The molecule has 0 N–H and O–H groups in total. The van der Waals surface area contributed by atoms with Gasteiger partial charge in [-0.15, -0.1) is 10.2 Å². The quantitative estimate of drug-likeness (QED) is 0.443. The smallest absolute Gasteiger partial charge is 0.256 e. The molecule has 2 heterocycles. The van der Waals surface area contributed by atoms with Gasteiger partial charge >= 0.3 is 0 Å². The number of amides is 1. The van der Waals surface area contributed by atoms with E-state index in [9.17, 15) is 4.79 Å². The lowest BCUT2D eigenvalue weighted by Crippen LogP contribution is -2.27. The molecule has 2 aromatic carbocycles. The van der Waals surface area contributed by atoms with Gasteiger partial charge in [-0.2, -0.15) is 0 Å². The van der Waals surface area contributed by atoms with E-state index in [1.807, 2.05) is 55.6 Å². The topological polar surface area (TPSA) is 72.6 Å². The Labute approximate surface area is 179 Å². The minimum Gasteiger partial charge on any atom is -0.497 e. The van der Waals surface area contributed by atoms with E-state index in [2.05, 4.69) is 27.3 Å². The average Bonchev–Trinajstić information content (AvgIpc) is 3.14. The van der Waals surface area contributed by atoms with Crippen molar-refractivity contribution >= 4 is 34.2 Å². The first-order valence-electron chi connectivity index (χ1n) is 9.57. The molecule has 0 bridgehead atoms. The Morgan fingerprint density at radius 2 is 1.87 bits per heavy atom. The molecule has 4 aromatic rings. The van der Waals surface area contributed by atoms with Crippen molar-refractivity contribution in [3.05, 3.63) is 59.4 Å². The maximum absolute atomic E-state index is 12.7. The van der Waals surface area contributed by atoms with Crippen molar-refractivity contribution in [1.29, 1.82) is 0 Å². The first-order chi connectivity index (χ1) is 14.4. The van der Waals surface area contributed by atoms with Gasteiger partial charge in [-0.3, -0.25) is 9.20 Å². The van der Waals surface area contributed by atoms with Gasteiger partial charge in [0.25, 0.3) is 5.78 Å². The third-order valence-corrected chi connectivity index (χ3v) is 5.86. The van der Waals surface area contributed by atoms with Crippen LogP contribution in [0.15, 0.2) is 47.6 Å². The van der Waals surface area contributed by atoms with Crippen molar-refractivity contribution < 1.29 is 9.53 Å². The van der Waals surface area contributed by atoms with Crippen LogP contribution in [-0.4, -0.2) is 50.3 Å². The number of hydrogen-bond acceptors (Lipinski definition) is 6. The van der Waals surface area contributed by atoms with Crippen LogP contribution in [0.1, 0.15) is 17.0 Å². The predicted octanol–water partition coefficient (Wildman–Crippen LogP) is 3.65. The van der Waals surface area contributed by atoms with Gasteiger partial charge in [-0.1, -0.05) is 30.0 Å². The summed E-state index contributed by atoms with van der Waals surface area (Å²) in [5.74, 6) is 1.71. The van der Waals surface area contributed by atoms with Crippen molar-refractivity contribution in [2.24, 2.45) is 0 Å². The van der Waals surface area contributed by atoms with Crippen LogP contribution >= 0.6 is 11.8 Å². The normalized spacial score (nSPS) is 11.2. The number of rotatable bonds is 6. The van der Waals surface area contributed by atoms with E-state index in [4.69, 9.17) is 4.74 Å². The van der Waals surface area contributed by atoms with E-state index in [-0.39, 0.29) is 11.7 Å². The van der Waals surface area contributed by atoms with Gasteiger partial charge in [0.1, 0.15) is 5.75 Å². The van der Waals surface area contributed by atoms with Crippen molar-refractivity contribution in [2.75, 3.05) is 19.9 Å². The molecule has 1 amide bonds. The highest BCUT2D eigenvalue weighted by atomic mass is 32.2. The van der Waals surface area contributed by atoms with Crippen LogP contribution in [0, 0.1) is 13.8 Å². The van der Waals surface area contributed by atoms with Crippen LogP contribution in [0.3, 0.4) is 0 Å². The summed E-state index contributed by atoms with van der Waals surface area (Å²) < 4.78 is 7.15. The lowest BCUT2D eigenvalue weighted by molar-refractivity contribution is -0.127. The Kier molecular flexibility index (Phi) is 5.59. The Bertz CT molecular complexity index is 1240. The largest absolute Gasteiger partial charge is 0.497 e. The average molecular weight is 422 g/mol. The van der Waals surface area contributed by atoms with E-state index in [1.54, 1.807) is 12.0 Å². The monoisotopic (exact) mass is 421 g/mol. The first kappa shape index (κ1) is 20.2. The molecule has 0 unspecified atom stereocenters. The van der Waals surface area contributed by atoms with Crippen molar-refractivity contribution in [3.63, 3.8) is 0 Å². The molecule has 0 spiro atoms. The van der Waals surface area contributed by atoms with Crippen molar-refractivity contribution in [3.8, 4) is 5.75 Å². The lowest BCUT2D eigenvalue weighted by Gasteiger charge is -2.17. The molecule has 4 rings (SSSR count). The maximum Gasteiger partial charge on any atom is 0.256 e. The predicted molar refractivity (Wildman–Crippen MR) is 118 cm³/mol. The molecular weight excluding hydrogens is 398 g/mol. The summed E-state index contributed by atoms with van der Waals surface area (Å²) in [5.41, 5.74) is 2.98.